The van der Waals surface area contributed by atoms with Gasteiger partial charge in [0, 0.05) is 11.1 Å². The van der Waals surface area contributed by atoms with Crippen molar-refractivity contribution >= 4 is 26.6 Å². The van der Waals surface area contributed by atoms with Crippen molar-refractivity contribution in [3.05, 3.63) is 0 Å². The number of rotatable bonds is 8. The molecule has 0 aliphatic rings. The molecule has 0 heterocycles. The van der Waals surface area contributed by atoms with Crippen LogP contribution < -0.4 is 0 Å². The van der Waals surface area contributed by atoms with Crippen LogP contribution in [0.3, 0.4) is 0 Å². The van der Waals surface area contributed by atoms with Crippen molar-refractivity contribution in [2.75, 3.05) is 11.1 Å². The van der Waals surface area contributed by atoms with Crippen molar-refractivity contribution in [1.82, 2.24) is 0 Å². The number of hydrogen-bond acceptors (Lipinski definition) is 2. The fourth-order valence-electron chi connectivity index (χ4n) is 1.04. The second-order valence-electron chi connectivity index (χ2n) is 2.87. The van der Waals surface area contributed by atoms with Crippen molar-refractivity contribution in [1.29, 1.82) is 0 Å². The Balaban J connectivity index is 2.91. The van der Waals surface area contributed by atoms with Gasteiger partial charge in [0.25, 0.3) is 0 Å². The third-order valence-corrected chi connectivity index (χ3v) is 2.97. The van der Waals surface area contributed by atoms with Crippen LogP contribution >= 0.6 is 15.9 Å². The summed E-state index contributed by atoms with van der Waals surface area (Å²) in [5, 5.41) is 1.08. The van der Waals surface area contributed by atoms with Gasteiger partial charge in [-0.15, -0.1) is 0 Å². The summed E-state index contributed by atoms with van der Waals surface area (Å²) in [6, 6.07) is 0. The molecule has 0 atom stereocenters. The van der Waals surface area contributed by atoms with Gasteiger partial charge < -0.3 is 0 Å². The fraction of sp³-hybridized carbons (Fsp3) is 1.00. The predicted octanol–water partition coefficient (Wildman–Crippen LogP) is 2.33. The molecule has 74 valence electrons. The second kappa shape index (κ2) is 9.52. The van der Waals surface area contributed by atoms with Gasteiger partial charge in [0.05, 0.1) is 0 Å². The van der Waals surface area contributed by atoms with Gasteiger partial charge in [0.2, 0.25) is 0 Å². The Bertz CT molecular complexity index is 149. The van der Waals surface area contributed by atoms with Crippen molar-refractivity contribution in [2.24, 2.45) is 0 Å². The molecule has 0 rings (SSSR count). The number of alkyl halides is 1. The Morgan fingerprint density at radius 1 is 0.833 bits per heavy atom. The number of hydrogen-bond donors (Lipinski definition) is 1. The van der Waals surface area contributed by atoms with Gasteiger partial charge in [0.1, 0.15) is 10.7 Å². The highest BCUT2D eigenvalue weighted by Crippen LogP contribution is 2.06. The summed E-state index contributed by atoms with van der Waals surface area (Å²) in [4.78, 5) is 0. The monoisotopic (exact) mass is 256 g/mol. The molecule has 0 radical (unpaired) electrons. The Kier molecular flexibility index (Phi) is 9.86. The van der Waals surface area contributed by atoms with E-state index >= 15 is 0 Å². The molecule has 0 amide bonds. The molecule has 2 nitrogen and oxygen atoms in total. The third kappa shape index (κ3) is 10.4. The molecule has 0 fully saturated rings. The Morgan fingerprint density at radius 3 is 1.83 bits per heavy atom. The van der Waals surface area contributed by atoms with E-state index in [9.17, 15) is 8.42 Å². The van der Waals surface area contributed by atoms with Crippen LogP contribution in [0, 0.1) is 0 Å². The van der Waals surface area contributed by atoms with Gasteiger partial charge in [-0.1, -0.05) is 41.6 Å². The largest absolute Gasteiger partial charge is 0.232 e. The normalized spacial score (nSPS) is 10.8. The number of thiol groups is 1. The van der Waals surface area contributed by atoms with Gasteiger partial charge in [-0.2, -0.15) is 0 Å². The molecule has 0 aromatic heterocycles. The quantitative estimate of drug-likeness (QED) is 0.411. The van der Waals surface area contributed by atoms with Crippen LogP contribution in [0.4, 0.5) is 0 Å². The van der Waals surface area contributed by atoms with Gasteiger partial charge >= 0.3 is 0 Å². The smallest absolute Gasteiger partial charge is 0.140 e. The first-order valence-electron chi connectivity index (χ1n) is 4.45. The van der Waals surface area contributed by atoms with E-state index in [2.05, 4.69) is 15.9 Å². The van der Waals surface area contributed by atoms with Gasteiger partial charge in [-0.25, -0.2) is 8.42 Å². The minimum Gasteiger partial charge on any atom is -0.232 e. The van der Waals surface area contributed by atoms with E-state index in [-0.39, 0.29) is 0 Å². The molecule has 0 saturated heterocycles. The van der Waals surface area contributed by atoms with Crippen LogP contribution in [0.15, 0.2) is 0 Å². The highest BCUT2D eigenvalue weighted by atomic mass is 79.9. The average molecular weight is 257 g/mol. The van der Waals surface area contributed by atoms with E-state index in [1.165, 1.54) is 25.7 Å². The summed E-state index contributed by atoms with van der Waals surface area (Å²) < 4.78 is 20.3. The summed E-state index contributed by atoms with van der Waals surface area (Å²) in [6.07, 6.45) is 6.81. The van der Waals surface area contributed by atoms with Gasteiger partial charge in [0.15, 0.2) is 0 Å². The lowest BCUT2D eigenvalue weighted by molar-refractivity contribution is 0.599. The molecule has 0 unspecified atom stereocenters. The first-order valence-corrected chi connectivity index (χ1v) is 6.93. The highest BCUT2D eigenvalue weighted by Gasteiger charge is 1.91. The van der Waals surface area contributed by atoms with Crippen LogP contribution in [-0.4, -0.2) is 19.5 Å². The van der Waals surface area contributed by atoms with E-state index in [1.54, 1.807) is 0 Å². The van der Waals surface area contributed by atoms with Gasteiger partial charge in [-0.3, -0.25) is 0 Å². The standard InChI is InChI=1S/C8H17BrO2S/c9-7-5-3-1-2-4-6-8-12(10)11/h12H,1-8H2. The summed E-state index contributed by atoms with van der Waals surface area (Å²) in [5.74, 6) is 0.369. The topological polar surface area (TPSA) is 34.1 Å². The SMILES string of the molecule is O=[SH](=O)CCCCCCCCBr. The predicted molar refractivity (Wildman–Crippen MR) is 56.7 cm³/mol. The minimum absolute atomic E-state index is 0.369. The molecule has 0 aromatic carbocycles. The maximum atomic E-state index is 10.2. The van der Waals surface area contributed by atoms with Crippen LogP contribution in [0.25, 0.3) is 0 Å². The maximum absolute atomic E-state index is 10.2. The summed E-state index contributed by atoms with van der Waals surface area (Å²) >= 11 is 3.37. The maximum Gasteiger partial charge on any atom is 0.140 e. The zero-order valence-electron chi connectivity index (χ0n) is 7.30. The molecule has 0 aliphatic carbocycles. The summed E-state index contributed by atoms with van der Waals surface area (Å²) in [7, 11) is -2.14. The molecule has 0 spiro atoms. The van der Waals surface area contributed by atoms with Crippen molar-refractivity contribution < 1.29 is 8.42 Å². The Labute approximate surface area is 84.8 Å². The number of halogens is 1. The lowest BCUT2D eigenvalue weighted by atomic mass is 10.1. The molecular formula is C8H17BrO2S. The second-order valence-corrected chi connectivity index (χ2v) is 4.77. The van der Waals surface area contributed by atoms with Crippen LogP contribution in [-0.2, 0) is 10.7 Å². The van der Waals surface area contributed by atoms with Crippen molar-refractivity contribution in [3.63, 3.8) is 0 Å². The van der Waals surface area contributed by atoms with E-state index in [0.29, 0.717) is 5.75 Å². The molecule has 0 aliphatic heterocycles. The Morgan fingerprint density at radius 2 is 1.33 bits per heavy atom. The van der Waals surface area contributed by atoms with Crippen molar-refractivity contribution in [2.45, 2.75) is 38.5 Å². The van der Waals surface area contributed by atoms with Gasteiger partial charge in [-0.05, 0) is 12.8 Å². The van der Waals surface area contributed by atoms with E-state index < -0.39 is 10.7 Å². The third-order valence-electron chi connectivity index (χ3n) is 1.72. The molecule has 0 aromatic rings. The average Bonchev–Trinajstić information content (AvgIpc) is 2.02. The molecule has 4 heteroatoms. The lowest BCUT2D eigenvalue weighted by Crippen LogP contribution is -1.87. The first kappa shape index (κ1) is 12.4. The molecule has 0 saturated carbocycles. The summed E-state index contributed by atoms with van der Waals surface area (Å²) in [5.41, 5.74) is 0. The van der Waals surface area contributed by atoms with Crippen molar-refractivity contribution in [3.8, 4) is 0 Å². The van der Waals surface area contributed by atoms with Crippen LogP contribution in [0.1, 0.15) is 38.5 Å². The van der Waals surface area contributed by atoms with E-state index in [4.69, 9.17) is 0 Å². The molecule has 0 N–H and O–H groups in total. The fourth-order valence-corrected chi connectivity index (χ4v) is 1.92. The number of unbranched alkanes of at least 4 members (excludes halogenated alkanes) is 5. The van der Waals surface area contributed by atoms with E-state index in [0.717, 1.165) is 18.2 Å². The lowest BCUT2D eigenvalue weighted by Gasteiger charge is -1.97. The van der Waals surface area contributed by atoms with E-state index in [1.807, 2.05) is 0 Å². The zero-order valence-corrected chi connectivity index (χ0v) is 9.78. The van der Waals surface area contributed by atoms with Crippen LogP contribution in [0.2, 0.25) is 0 Å². The zero-order chi connectivity index (χ0) is 9.23. The van der Waals surface area contributed by atoms with Crippen LogP contribution in [0.5, 0.6) is 0 Å². The Hall–Kier alpha value is 0.430. The first-order chi connectivity index (χ1) is 5.77. The highest BCUT2D eigenvalue weighted by molar-refractivity contribution is 9.09. The molecule has 12 heavy (non-hydrogen) atoms. The molecular weight excluding hydrogens is 240 g/mol. The minimum atomic E-state index is -2.14. The summed E-state index contributed by atoms with van der Waals surface area (Å²) in [6.45, 7) is 0. The molecule has 0 bridgehead atoms.